The number of carboxylic acids is 1. The summed E-state index contributed by atoms with van der Waals surface area (Å²) in [5, 5.41) is 12.1. The highest BCUT2D eigenvalue weighted by atomic mass is 79.9. The van der Waals surface area contributed by atoms with Gasteiger partial charge in [-0.05, 0) is 46.5 Å². The normalized spacial score (nSPS) is 14.9. The fourth-order valence-electron chi connectivity index (χ4n) is 2.57. The van der Waals surface area contributed by atoms with Gasteiger partial charge in [0, 0.05) is 16.4 Å². The molecule has 144 valence electrons. The van der Waals surface area contributed by atoms with E-state index in [0.29, 0.717) is 36.9 Å². The summed E-state index contributed by atoms with van der Waals surface area (Å²) >= 11 is 3.42. The molecule has 0 fully saturated rings. The van der Waals surface area contributed by atoms with Crippen molar-refractivity contribution in [3.05, 3.63) is 76.6 Å². The third-order valence-corrected chi connectivity index (χ3v) is 4.37. The molecule has 6 nitrogen and oxygen atoms in total. The molecule has 0 amide bonds. The predicted molar refractivity (Wildman–Crippen MR) is 112 cm³/mol. The molecule has 0 radical (unpaired) electrons. The number of rotatable bonds is 7. The van der Waals surface area contributed by atoms with Crippen LogP contribution in [0.25, 0.3) is 0 Å². The van der Waals surface area contributed by atoms with Crippen LogP contribution in [-0.2, 0) is 11.4 Å². The molecule has 0 unspecified atom stereocenters. The van der Waals surface area contributed by atoms with Crippen LogP contribution in [0.1, 0.15) is 24.8 Å². The van der Waals surface area contributed by atoms with E-state index < -0.39 is 5.97 Å². The first kappa shape index (κ1) is 19.8. The molecule has 1 aliphatic heterocycles. The monoisotopic (exact) mass is 441 g/mol. The summed E-state index contributed by atoms with van der Waals surface area (Å²) in [4.78, 5) is 19.8. The smallest absolute Gasteiger partial charge is 0.303 e. The SMILES string of the molecule is O=C(O)CCC1=CCC=CC(=Nc2ncc(Br)cc2OCc2ccccc2)N1. The number of hydrogen-bond acceptors (Lipinski definition) is 4. The molecule has 3 rings (SSSR count). The second-order valence-electron chi connectivity index (χ2n) is 6.13. The Bertz CT molecular complexity index is 924. The minimum atomic E-state index is -0.829. The fraction of sp³-hybridized carbons (Fsp3) is 0.190. The molecule has 1 aromatic heterocycles. The van der Waals surface area contributed by atoms with Crippen molar-refractivity contribution in [2.24, 2.45) is 4.99 Å². The molecule has 0 aliphatic carbocycles. The molecule has 2 heterocycles. The number of carboxylic acid groups (broad SMARTS) is 1. The molecule has 0 bridgehead atoms. The minimum absolute atomic E-state index is 0.0636. The molecule has 0 saturated carbocycles. The molecule has 1 aliphatic rings. The number of amidine groups is 1. The molecular formula is C21H20BrN3O3. The summed E-state index contributed by atoms with van der Waals surface area (Å²) in [6.45, 7) is 0.407. The zero-order valence-corrected chi connectivity index (χ0v) is 16.7. The third-order valence-electron chi connectivity index (χ3n) is 3.94. The second kappa shape index (κ2) is 9.85. The van der Waals surface area contributed by atoms with Crippen molar-refractivity contribution < 1.29 is 14.6 Å². The summed E-state index contributed by atoms with van der Waals surface area (Å²) in [5.74, 6) is 0.769. The maximum absolute atomic E-state index is 10.8. The standard InChI is InChI=1S/C21H20BrN3O3/c22-16-12-18(28-14-15-6-2-1-3-7-15)21(23-13-16)25-19-9-5-4-8-17(24-19)10-11-20(26)27/h1-3,5-9,12-13H,4,10-11,14H2,(H,26,27)(H,23,24,25). The van der Waals surface area contributed by atoms with E-state index >= 15 is 0 Å². The number of allylic oxidation sites excluding steroid dienone is 3. The summed E-state index contributed by atoms with van der Waals surface area (Å²) in [6.07, 6.45) is 8.64. The van der Waals surface area contributed by atoms with Crippen LogP contribution >= 0.6 is 15.9 Å². The first-order chi connectivity index (χ1) is 13.6. The number of pyridine rings is 1. The van der Waals surface area contributed by atoms with Gasteiger partial charge in [0.05, 0.1) is 6.42 Å². The van der Waals surface area contributed by atoms with Crippen LogP contribution < -0.4 is 10.1 Å². The van der Waals surface area contributed by atoms with Crippen LogP contribution in [0.5, 0.6) is 5.75 Å². The topological polar surface area (TPSA) is 83.8 Å². The van der Waals surface area contributed by atoms with E-state index in [9.17, 15) is 4.79 Å². The molecule has 0 saturated heterocycles. The van der Waals surface area contributed by atoms with Crippen molar-refractivity contribution in [3.63, 3.8) is 0 Å². The van der Waals surface area contributed by atoms with Crippen LogP contribution in [0.15, 0.2) is 76.0 Å². The molecular weight excluding hydrogens is 422 g/mol. The van der Waals surface area contributed by atoms with Crippen molar-refractivity contribution >= 4 is 33.6 Å². The zero-order valence-electron chi connectivity index (χ0n) is 15.1. The highest BCUT2D eigenvalue weighted by Gasteiger charge is 2.10. The summed E-state index contributed by atoms with van der Waals surface area (Å²) in [7, 11) is 0. The van der Waals surface area contributed by atoms with Gasteiger partial charge in [-0.3, -0.25) is 4.79 Å². The Morgan fingerprint density at radius 2 is 2.14 bits per heavy atom. The number of aliphatic carboxylic acids is 1. The number of aromatic nitrogens is 1. The fourth-order valence-corrected chi connectivity index (χ4v) is 2.88. The van der Waals surface area contributed by atoms with Crippen molar-refractivity contribution in [1.29, 1.82) is 0 Å². The first-order valence-electron chi connectivity index (χ1n) is 8.85. The quantitative estimate of drug-likeness (QED) is 0.647. The molecule has 2 aromatic rings. The van der Waals surface area contributed by atoms with E-state index in [1.54, 1.807) is 6.20 Å². The van der Waals surface area contributed by atoms with E-state index in [2.05, 4.69) is 31.2 Å². The number of benzene rings is 1. The average Bonchev–Trinajstić information content (AvgIpc) is 2.92. The highest BCUT2D eigenvalue weighted by Crippen LogP contribution is 2.29. The van der Waals surface area contributed by atoms with Gasteiger partial charge >= 0.3 is 5.97 Å². The average molecular weight is 442 g/mol. The number of aliphatic imine (C=N–C) groups is 1. The Labute approximate surface area is 171 Å². The maximum atomic E-state index is 10.8. The van der Waals surface area contributed by atoms with E-state index in [1.807, 2.05) is 54.6 Å². The minimum Gasteiger partial charge on any atom is -0.485 e. The third kappa shape index (κ3) is 6.06. The van der Waals surface area contributed by atoms with Gasteiger partial charge in [-0.25, -0.2) is 9.98 Å². The van der Waals surface area contributed by atoms with Gasteiger partial charge < -0.3 is 15.2 Å². The Kier molecular flexibility index (Phi) is 6.97. The molecule has 2 N–H and O–H groups in total. The molecule has 28 heavy (non-hydrogen) atoms. The van der Waals surface area contributed by atoms with Gasteiger partial charge in [-0.15, -0.1) is 0 Å². The molecule has 1 aromatic carbocycles. The Morgan fingerprint density at radius 3 is 2.93 bits per heavy atom. The van der Waals surface area contributed by atoms with E-state index in [4.69, 9.17) is 9.84 Å². The van der Waals surface area contributed by atoms with Crippen LogP contribution in [0, 0.1) is 0 Å². The van der Waals surface area contributed by atoms with Gasteiger partial charge in [0.15, 0.2) is 11.6 Å². The maximum Gasteiger partial charge on any atom is 0.303 e. The summed E-state index contributed by atoms with van der Waals surface area (Å²) in [6, 6.07) is 11.7. The van der Waals surface area contributed by atoms with Gasteiger partial charge in [0.1, 0.15) is 12.4 Å². The number of carbonyl (C=O) groups is 1. The largest absolute Gasteiger partial charge is 0.485 e. The lowest BCUT2D eigenvalue weighted by molar-refractivity contribution is -0.136. The lowest BCUT2D eigenvalue weighted by atomic mass is 10.2. The first-order valence-corrected chi connectivity index (χ1v) is 9.65. The highest BCUT2D eigenvalue weighted by molar-refractivity contribution is 9.10. The molecule has 0 atom stereocenters. The van der Waals surface area contributed by atoms with Gasteiger partial charge in [-0.1, -0.05) is 42.5 Å². The lowest BCUT2D eigenvalue weighted by Gasteiger charge is -2.11. The Balaban J connectivity index is 1.78. The van der Waals surface area contributed by atoms with E-state index in [0.717, 1.165) is 15.7 Å². The number of nitrogens with zero attached hydrogens (tertiary/aromatic N) is 2. The number of ether oxygens (including phenoxy) is 1. The van der Waals surface area contributed by atoms with Gasteiger partial charge in [-0.2, -0.15) is 0 Å². The van der Waals surface area contributed by atoms with E-state index in [1.165, 1.54) is 0 Å². The summed E-state index contributed by atoms with van der Waals surface area (Å²) < 4.78 is 6.74. The van der Waals surface area contributed by atoms with Gasteiger partial charge in [0.2, 0.25) is 0 Å². The lowest BCUT2D eigenvalue weighted by Crippen LogP contribution is -2.20. The van der Waals surface area contributed by atoms with Crippen molar-refractivity contribution in [3.8, 4) is 5.75 Å². The molecule has 7 heteroatoms. The molecule has 0 spiro atoms. The van der Waals surface area contributed by atoms with Crippen LogP contribution in [-0.4, -0.2) is 21.9 Å². The van der Waals surface area contributed by atoms with Crippen LogP contribution in [0.4, 0.5) is 5.82 Å². The number of halogens is 1. The van der Waals surface area contributed by atoms with Crippen LogP contribution in [0.3, 0.4) is 0 Å². The van der Waals surface area contributed by atoms with Crippen molar-refractivity contribution in [2.75, 3.05) is 0 Å². The van der Waals surface area contributed by atoms with Gasteiger partial charge in [0.25, 0.3) is 0 Å². The second-order valence-corrected chi connectivity index (χ2v) is 7.05. The van der Waals surface area contributed by atoms with Crippen LogP contribution in [0.2, 0.25) is 0 Å². The summed E-state index contributed by atoms with van der Waals surface area (Å²) in [5.41, 5.74) is 1.88. The predicted octanol–water partition coefficient (Wildman–Crippen LogP) is 4.75. The Hall–Kier alpha value is -2.93. The van der Waals surface area contributed by atoms with Crippen molar-refractivity contribution in [1.82, 2.24) is 10.3 Å². The van der Waals surface area contributed by atoms with Crippen molar-refractivity contribution in [2.45, 2.75) is 25.9 Å². The zero-order chi connectivity index (χ0) is 19.8. The van der Waals surface area contributed by atoms with E-state index in [-0.39, 0.29) is 6.42 Å². The Morgan fingerprint density at radius 1 is 1.32 bits per heavy atom. The number of nitrogens with one attached hydrogen (secondary N) is 1. The number of hydrogen-bond donors (Lipinski definition) is 2.